The number of benzene rings is 2. The lowest BCUT2D eigenvalue weighted by molar-refractivity contribution is -0.121. The summed E-state index contributed by atoms with van der Waals surface area (Å²) in [6.45, 7) is 4.45. The lowest BCUT2D eigenvalue weighted by atomic mass is 10.1. The summed E-state index contributed by atoms with van der Waals surface area (Å²) in [4.78, 5) is 28.5. The van der Waals surface area contributed by atoms with E-state index in [1.165, 1.54) is 12.1 Å². The zero-order valence-corrected chi connectivity index (χ0v) is 13.8. The van der Waals surface area contributed by atoms with Crippen LogP contribution in [0.25, 0.3) is 0 Å². The highest BCUT2D eigenvalue weighted by Crippen LogP contribution is 2.22. The molecule has 0 saturated carbocycles. The molecule has 3 rings (SSSR count). The first-order valence-electron chi connectivity index (χ1n) is 7.93. The van der Waals surface area contributed by atoms with Crippen LogP contribution in [0.4, 0.5) is 5.69 Å². The summed E-state index contributed by atoms with van der Waals surface area (Å²) in [5.41, 5.74) is 2.46. The minimum absolute atomic E-state index is 0.0504. The Kier molecular flexibility index (Phi) is 4.25. The largest absolute Gasteiger partial charge is 0.508 e. The van der Waals surface area contributed by atoms with Crippen molar-refractivity contribution in [3.8, 4) is 5.75 Å². The average molecular weight is 324 g/mol. The maximum Gasteiger partial charge on any atom is 0.254 e. The molecule has 2 aromatic rings. The van der Waals surface area contributed by atoms with Gasteiger partial charge in [-0.15, -0.1) is 0 Å². The standard InChI is InChI=1S/C19H20N2O3/c1-13-3-7-16(8-4-13)21-11-14(2)20(12-18(21)23)19(24)15-5-9-17(22)10-6-15/h3-10,14,22H,11-12H2,1-2H3/t14-/m0/s1. The van der Waals surface area contributed by atoms with Gasteiger partial charge in [0.1, 0.15) is 12.3 Å². The van der Waals surface area contributed by atoms with Crippen LogP contribution in [0.1, 0.15) is 22.8 Å². The highest BCUT2D eigenvalue weighted by molar-refractivity contribution is 6.02. The Hall–Kier alpha value is -2.82. The monoisotopic (exact) mass is 324 g/mol. The molecule has 0 aliphatic carbocycles. The summed E-state index contributed by atoms with van der Waals surface area (Å²) in [5.74, 6) is -0.177. The maximum atomic E-state index is 12.6. The van der Waals surface area contributed by atoms with E-state index in [0.29, 0.717) is 12.1 Å². The molecule has 2 amide bonds. The fourth-order valence-electron chi connectivity index (χ4n) is 2.87. The van der Waals surface area contributed by atoms with Gasteiger partial charge in [0.15, 0.2) is 0 Å². The van der Waals surface area contributed by atoms with E-state index in [4.69, 9.17) is 0 Å². The fourth-order valence-corrected chi connectivity index (χ4v) is 2.87. The van der Waals surface area contributed by atoms with Gasteiger partial charge in [0.05, 0.1) is 0 Å². The van der Waals surface area contributed by atoms with E-state index < -0.39 is 0 Å². The Balaban J connectivity index is 1.77. The van der Waals surface area contributed by atoms with Gasteiger partial charge in [-0.3, -0.25) is 9.59 Å². The number of anilines is 1. The Morgan fingerprint density at radius 1 is 1.08 bits per heavy atom. The van der Waals surface area contributed by atoms with E-state index >= 15 is 0 Å². The van der Waals surface area contributed by atoms with Gasteiger partial charge in [-0.2, -0.15) is 0 Å². The number of nitrogens with zero attached hydrogens (tertiary/aromatic N) is 2. The fraction of sp³-hybridized carbons (Fsp3) is 0.263. The summed E-state index contributed by atoms with van der Waals surface area (Å²) in [6.07, 6.45) is 0. The second-order valence-electron chi connectivity index (χ2n) is 6.17. The molecule has 124 valence electrons. The third-order valence-corrected chi connectivity index (χ3v) is 4.31. The predicted molar refractivity (Wildman–Crippen MR) is 92.1 cm³/mol. The van der Waals surface area contributed by atoms with E-state index in [1.54, 1.807) is 21.9 Å². The Morgan fingerprint density at radius 2 is 1.71 bits per heavy atom. The lowest BCUT2D eigenvalue weighted by Crippen LogP contribution is -2.57. The third kappa shape index (κ3) is 3.11. The van der Waals surface area contributed by atoms with Crippen LogP contribution in [-0.2, 0) is 4.79 Å². The molecule has 1 saturated heterocycles. The number of hydrogen-bond donors (Lipinski definition) is 1. The Labute approximate surface area is 141 Å². The van der Waals surface area contributed by atoms with Crippen LogP contribution in [0.2, 0.25) is 0 Å². The van der Waals surface area contributed by atoms with Gasteiger partial charge in [0, 0.05) is 23.8 Å². The Bertz CT molecular complexity index is 753. The Morgan fingerprint density at radius 3 is 2.33 bits per heavy atom. The van der Waals surface area contributed by atoms with Crippen molar-refractivity contribution in [2.45, 2.75) is 19.9 Å². The number of phenolic OH excluding ortho intramolecular Hbond substituents is 1. The van der Waals surface area contributed by atoms with Crippen molar-refractivity contribution in [1.29, 1.82) is 0 Å². The highest BCUT2D eigenvalue weighted by atomic mass is 16.3. The molecule has 1 fully saturated rings. The molecule has 0 bridgehead atoms. The molecule has 0 radical (unpaired) electrons. The average Bonchev–Trinajstić information content (AvgIpc) is 2.57. The summed E-state index contributed by atoms with van der Waals surface area (Å²) in [6, 6.07) is 13.8. The summed E-state index contributed by atoms with van der Waals surface area (Å²) < 4.78 is 0. The molecule has 0 unspecified atom stereocenters. The van der Waals surface area contributed by atoms with Gasteiger partial charge in [-0.05, 0) is 50.2 Å². The molecule has 0 aromatic heterocycles. The number of aromatic hydroxyl groups is 1. The molecule has 0 spiro atoms. The zero-order chi connectivity index (χ0) is 17.3. The smallest absolute Gasteiger partial charge is 0.254 e. The minimum Gasteiger partial charge on any atom is -0.508 e. The van der Waals surface area contributed by atoms with E-state index in [-0.39, 0.29) is 30.2 Å². The predicted octanol–water partition coefficient (Wildman–Crippen LogP) is 2.58. The molecule has 24 heavy (non-hydrogen) atoms. The van der Waals surface area contributed by atoms with Crippen molar-refractivity contribution in [2.75, 3.05) is 18.0 Å². The first-order chi connectivity index (χ1) is 11.5. The number of carbonyl (C=O) groups excluding carboxylic acids is 2. The summed E-state index contributed by atoms with van der Waals surface area (Å²) in [7, 11) is 0. The van der Waals surface area contributed by atoms with Crippen LogP contribution in [0.3, 0.4) is 0 Å². The number of amides is 2. The lowest BCUT2D eigenvalue weighted by Gasteiger charge is -2.39. The number of phenols is 1. The number of aryl methyl sites for hydroxylation is 1. The van der Waals surface area contributed by atoms with Crippen LogP contribution in [0.15, 0.2) is 48.5 Å². The topological polar surface area (TPSA) is 60.9 Å². The van der Waals surface area contributed by atoms with Crippen molar-refractivity contribution in [2.24, 2.45) is 0 Å². The van der Waals surface area contributed by atoms with Gasteiger partial charge in [-0.1, -0.05) is 17.7 Å². The summed E-state index contributed by atoms with van der Waals surface area (Å²) in [5, 5.41) is 9.34. The highest BCUT2D eigenvalue weighted by Gasteiger charge is 2.33. The molecule has 1 atom stereocenters. The molecule has 1 N–H and O–H groups in total. The van der Waals surface area contributed by atoms with Gasteiger partial charge in [0.2, 0.25) is 5.91 Å². The molecular formula is C19H20N2O3. The van der Waals surface area contributed by atoms with Crippen molar-refractivity contribution in [3.05, 3.63) is 59.7 Å². The molecule has 2 aromatic carbocycles. The van der Waals surface area contributed by atoms with Crippen LogP contribution in [0, 0.1) is 6.92 Å². The maximum absolute atomic E-state index is 12.6. The van der Waals surface area contributed by atoms with Gasteiger partial charge in [0.25, 0.3) is 5.91 Å². The molecule has 1 aliphatic rings. The van der Waals surface area contributed by atoms with Crippen LogP contribution < -0.4 is 4.90 Å². The van der Waals surface area contributed by atoms with Crippen molar-refractivity contribution < 1.29 is 14.7 Å². The van der Waals surface area contributed by atoms with E-state index in [1.807, 2.05) is 38.1 Å². The quantitative estimate of drug-likeness (QED) is 0.923. The van der Waals surface area contributed by atoms with Crippen molar-refractivity contribution >= 4 is 17.5 Å². The van der Waals surface area contributed by atoms with Crippen LogP contribution >= 0.6 is 0 Å². The van der Waals surface area contributed by atoms with Crippen molar-refractivity contribution in [1.82, 2.24) is 4.90 Å². The minimum atomic E-state index is -0.195. The number of piperazine rings is 1. The first kappa shape index (κ1) is 16.1. The molecular weight excluding hydrogens is 304 g/mol. The number of rotatable bonds is 2. The molecule has 1 heterocycles. The van der Waals surface area contributed by atoms with E-state index in [2.05, 4.69) is 0 Å². The second-order valence-corrected chi connectivity index (χ2v) is 6.17. The second kappa shape index (κ2) is 6.35. The normalized spacial score (nSPS) is 17.9. The van der Waals surface area contributed by atoms with E-state index in [0.717, 1.165) is 11.3 Å². The SMILES string of the molecule is Cc1ccc(N2C[C@H](C)N(C(=O)c3ccc(O)cc3)CC2=O)cc1. The van der Waals surface area contributed by atoms with Gasteiger partial charge in [-0.25, -0.2) is 0 Å². The van der Waals surface area contributed by atoms with Crippen LogP contribution in [0.5, 0.6) is 5.75 Å². The summed E-state index contributed by atoms with van der Waals surface area (Å²) >= 11 is 0. The molecule has 1 aliphatic heterocycles. The van der Waals surface area contributed by atoms with Gasteiger partial charge >= 0.3 is 0 Å². The molecule has 5 nitrogen and oxygen atoms in total. The third-order valence-electron chi connectivity index (χ3n) is 4.31. The number of hydrogen-bond acceptors (Lipinski definition) is 3. The van der Waals surface area contributed by atoms with Crippen LogP contribution in [-0.4, -0.2) is 41.0 Å². The molecule has 5 heteroatoms. The van der Waals surface area contributed by atoms with Gasteiger partial charge < -0.3 is 14.9 Å². The number of carbonyl (C=O) groups is 2. The zero-order valence-electron chi connectivity index (χ0n) is 13.8. The van der Waals surface area contributed by atoms with Crippen molar-refractivity contribution in [3.63, 3.8) is 0 Å². The first-order valence-corrected chi connectivity index (χ1v) is 7.93. The van der Waals surface area contributed by atoms with E-state index in [9.17, 15) is 14.7 Å².